The third-order valence-electron chi connectivity index (χ3n) is 4.53. The Morgan fingerprint density at radius 1 is 1.26 bits per heavy atom. The number of para-hydroxylation sites is 1. The maximum atomic E-state index is 12.5. The van der Waals surface area contributed by atoms with Crippen LogP contribution in [-0.2, 0) is 14.9 Å². The minimum atomic E-state index is -0.556. The van der Waals surface area contributed by atoms with Gasteiger partial charge in [0, 0.05) is 35.4 Å². The summed E-state index contributed by atoms with van der Waals surface area (Å²) in [5.74, 6) is -0.474. The van der Waals surface area contributed by atoms with Crippen molar-refractivity contribution in [2.45, 2.75) is 39.0 Å². The molecule has 0 bridgehead atoms. The number of benzene rings is 1. The molecule has 1 aliphatic heterocycles. The van der Waals surface area contributed by atoms with E-state index in [1.165, 1.54) is 13.8 Å². The Bertz CT molecular complexity index is 800. The zero-order valence-corrected chi connectivity index (χ0v) is 13.5. The summed E-state index contributed by atoms with van der Waals surface area (Å²) in [7, 11) is 0. The van der Waals surface area contributed by atoms with E-state index in [4.69, 9.17) is 4.74 Å². The number of fused-ring (bicyclic) bond motifs is 3. The number of ketones is 1. The number of carbonyl (C=O) groups is 3. The second kappa shape index (κ2) is 5.33. The lowest BCUT2D eigenvalue weighted by atomic mass is 9.78. The molecule has 0 N–H and O–H groups in total. The van der Waals surface area contributed by atoms with Crippen molar-refractivity contribution in [3.8, 4) is 0 Å². The highest BCUT2D eigenvalue weighted by molar-refractivity contribution is 6.11. The van der Waals surface area contributed by atoms with Crippen LogP contribution < -0.4 is 0 Å². The Morgan fingerprint density at radius 2 is 1.96 bits per heavy atom. The predicted octanol–water partition coefficient (Wildman–Crippen LogP) is 3.10. The fourth-order valence-corrected chi connectivity index (χ4v) is 3.44. The molecule has 1 aromatic carbocycles. The molecule has 120 valence electrons. The van der Waals surface area contributed by atoms with Gasteiger partial charge < -0.3 is 4.74 Å². The molecule has 23 heavy (non-hydrogen) atoms. The van der Waals surface area contributed by atoms with Crippen LogP contribution in [-0.4, -0.2) is 28.8 Å². The van der Waals surface area contributed by atoms with Gasteiger partial charge in [0.15, 0.2) is 5.78 Å². The molecule has 2 aromatic rings. The monoisotopic (exact) mass is 313 g/mol. The van der Waals surface area contributed by atoms with Crippen molar-refractivity contribution in [1.29, 1.82) is 0 Å². The van der Waals surface area contributed by atoms with Crippen LogP contribution in [0.25, 0.3) is 10.9 Å². The third-order valence-corrected chi connectivity index (χ3v) is 4.53. The molecular formula is C18H19NO4. The average molecular weight is 313 g/mol. The van der Waals surface area contributed by atoms with Gasteiger partial charge in [-0.15, -0.1) is 0 Å². The molecule has 1 aromatic heterocycles. The summed E-state index contributed by atoms with van der Waals surface area (Å²) in [4.78, 5) is 36.0. The number of ether oxygens (including phenoxy) is 1. The van der Waals surface area contributed by atoms with Gasteiger partial charge in [-0.05, 0) is 19.4 Å². The quantitative estimate of drug-likeness (QED) is 0.645. The number of Topliss-reactive ketones (excluding diaryl/α,β-unsaturated/α-hetero) is 1. The molecule has 1 aliphatic rings. The van der Waals surface area contributed by atoms with Crippen LogP contribution in [0.1, 0.15) is 54.5 Å². The van der Waals surface area contributed by atoms with Crippen LogP contribution in [0.2, 0.25) is 0 Å². The number of rotatable bonds is 3. The highest BCUT2D eigenvalue weighted by Gasteiger charge is 2.41. The fraction of sp³-hybridized carbons (Fsp3) is 0.389. The van der Waals surface area contributed by atoms with Gasteiger partial charge in [-0.3, -0.25) is 19.0 Å². The van der Waals surface area contributed by atoms with E-state index in [0.717, 1.165) is 10.9 Å². The summed E-state index contributed by atoms with van der Waals surface area (Å²) >= 11 is 0. The molecule has 0 amide bonds. The molecule has 3 rings (SSSR count). The Hall–Kier alpha value is -2.43. The molecule has 0 aliphatic carbocycles. The Morgan fingerprint density at radius 3 is 2.61 bits per heavy atom. The largest absolute Gasteiger partial charge is 0.465 e. The summed E-state index contributed by atoms with van der Waals surface area (Å²) in [6, 6.07) is 7.41. The molecule has 1 atom stereocenters. The van der Waals surface area contributed by atoms with Crippen molar-refractivity contribution in [2.24, 2.45) is 0 Å². The molecule has 0 spiro atoms. The first-order valence-corrected chi connectivity index (χ1v) is 7.66. The van der Waals surface area contributed by atoms with E-state index in [2.05, 4.69) is 0 Å². The lowest BCUT2D eigenvalue weighted by Crippen LogP contribution is -2.39. The zero-order valence-electron chi connectivity index (χ0n) is 13.5. The normalized spacial score (nSPS) is 20.4. The molecule has 0 saturated carbocycles. The van der Waals surface area contributed by atoms with Crippen molar-refractivity contribution in [3.05, 3.63) is 35.5 Å². The van der Waals surface area contributed by atoms with E-state index >= 15 is 0 Å². The fourth-order valence-electron chi connectivity index (χ4n) is 3.44. The third kappa shape index (κ3) is 2.36. The van der Waals surface area contributed by atoms with E-state index < -0.39 is 5.41 Å². The van der Waals surface area contributed by atoms with Crippen LogP contribution in [0, 0.1) is 0 Å². The van der Waals surface area contributed by atoms with Crippen molar-refractivity contribution >= 4 is 28.6 Å². The van der Waals surface area contributed by atoms with Gasteiger partial charge in [-0.1, -0.05) is 25.1 Å². The highest BCUT2D eigenvalue weighted by Crippen LogP contribution is 2.41. The van der Waals surface area contributed by atoms with Gasteiger partial charge in [0.05, 0.1) is 5.52 Å². The summed E-state index contributed by atoms with van der Waals surface area (Å²) in [6.45, 7) is 4.97. The van der Waals surface area contributed by atoms with Crippen molar-refractivity contribution < 1.29 is 19.1 Å². The van der Waals surface area contributed by atoms with E-state index in [-0.39, 0.29) is 24.3 Å². The number of aromatic nitrogens is 1. The topological polar surface area (TPSA) is 65.4 Å². The first-order chi connectivity index (χ1) is 10.8. The van der Waals surface area contributed by atoms with Gasteiger partial charge in [0.2, 0.25) is 5.91 Å². The molecule has 2 heterocycles. The minimum absolute atomic E-state index is 0.0241. The van der Waals surface area contributed by atoms with E-state index in [1.807, 2.05) is 31.2 Å². The van der Waals surface area contributed by atoms with Crippen LogP contribution in [0.3, 0.4) is 0 Å². The summed E-state index contributed by atoms with van der Waals surface area (Å²) in [5, 5.41) is 0.777. The van der Waals surface area contributed by atoms with Gasteiger partial charge in [0.1, 0.15) is 6.61 Å². The maximum Gasteiger partial charge on any atom is 0.302 e. The molecule has 5 heteroatoms. The van der Waals surface area contributed by atoms with E-state index in [9.17, 15) is 14.4 Å². The van der Waals surface area contributed by atoms with Crippen LogP contribution in [0.5, 0.6) is 0 Å². The van der Waals surface area contributed by atoms with Crippen molar-refractivity contribution in [1.82, 2.24) is 4.57 Å². The van der Waals surface area contributed by atoms with Crippen LogP contribution >= 0.6 is 0 Å². The molecular weight excluding hydrogens is 294 g/mol. The minimum Gasteiger partial charge on any atom is -0.465 e. The molecule has 0 radical (unpaired) electrons. The SMILES string of the molecule is CC(=O)OCC1(C)CCC(=O)n2c1c(C(C)=O)c1ccccc12. The van der Waals surface area contributed by atoms with Gasteiger partial charge in [-0.25, -0.2) is 0 Å². The first-order valence-electron chi connectivity index (χ1n) is 7.66. The van der Waals surface area contributed by atoms with E-state index in [0.29, 0.717) is 24.1 Å². The molecule has 5 nitrogen and oxygen atoms in total. The number of nitrogens with zero attached hydrogens (tertiary/aromatic N) is 1. The Kier molecular flexibility index (Phi) is 3.59. The number of hydrogen-bond donors (Lipinski definition) is 0. The lowest BCUT2D eigenvalue weighted by molar-refractivity contribution is -0.142. The zero-order chi connectivity index (χ0) is 16.8. The highest BCUT2D eigenvalue weighted by atomic mass is 16.5. The standard InChI is InChI=1S/C18H19NO4/c1-11(20)16-13-6-4-5-7-14(13)19-15(22)8-9-18(3,17(16)19)10-23-12(2)21/h4-7H,8-10H2,1-3H3. The molecule has 1 unspecified atom stereocenters. The number of esters is 1. The smallest absolute Gasteiger partial charge is 0.302 e. The number of carbonyl (C=O) groups excluding carboxylic acids is 3. The van der Waals surface area contributed by atoms with Gasteiger partial charge in [-0.2, -0.15) is 0 Å². The molecule has 0 saturated heterocycles. The Labute approximate surface area is 134 Å². The summed E-state index contributed by atoms with van der Waals surface area (Å²) < 4.78 is 6.87. The molecule has 0 fully saturated rings. The lowest BCUT2D eigenvalue weighted by Gasteiger charge is -2.34. The van der Waals surface area contributed by atoms with Crippen LogP contribution in [0.4, 0.5) is 0 Å². The van der Waals surface area contributed by atoms with Crippen LogP contribution in [0.15, 0.2) is 24.3 Å². The first kappa shape index (κ1) is 15.5. The number of hydrogen-bond acceptors (Lipinski definition) is 4. The van der Waals surface area contributed by atoms with Gasteiger partial charge >= 0.3 is 5.97 Å². The van der Waals surface area contributed by atoms with Gasteiger partial charge in [0.25, 0.3) is 0 Å². The summed E-state index contributed by atoms with van der Waals surface area (Å²) in [6.07, 6.45) is 0.913. The van der Waals surface area contributed by atoms with Crippen molar-refractivity contribution in [3.63, 3.8) is 0 Å². The maximum absolute atomic E-state index is 12.5. The average Bonchev–Trinajstić information content (AvgIpc) is 2.86. The second-order valence-corrected chi connectivity index (χ2v) is 6.37. The van der Waals surface area contributed by atoms with E-state index in [1.54, 1.807) is 4.57 Å². The summed E-state index contributed by atoms with van der Waals surface area (Å²) in [5.41, 5.74) is 1.41. The predicted molar refractivity (Wildman–Crippen MR) is 85.8 cm³/mol. The Balaban J connectivity index is 2.31. The second-order valence-electron chi connectivity index (χ2n) is 6.37. The van der Waals surface area contributed by atoms with Crippen molar-refractivity contribution in [2.75, 3.05) is 6.61 Å².